The molecule has 0 saturated heterocycles. The van der Waals surface area contributed by atoms with Crippen molar-refractivity contribution in [3.63, 3.8) is 0 Å². The van der Waals surface area contributed by atoms with E-state index in [1.54, 1.807) is 24.3 Å². The van der Waals surface area contributed by atoms with E-state index in [4.69, 9.17) is 21.1 Å². The van der Waals surface area contributed by atoms with E-state index < -0.39 is 18.5 Å². The molecule has 6 heteroatoms. The van der Waals surface area contributed by atoms with Crippen molar-refractivity contribution >= 4 is 29.2 Å². The first-order valence-corrected chi connectivity index (χ1v) is 7.80. The molecule has 2 rings (SSSR count). The van der Waals surface area contributed by atoms with E-state index in [0.29, 0.717) is 16.5 Å². The summed E-state index contributed by atoms with van der Waals surface area (Å²) in [6, 6.07) is 12.1. The molecular formula is C18H18ClNO4. The molecule has 0 aromatic heterocycles. The van der Waals surface area contributed by atoms with Gasteiger partial charge in [-0.25, -0.2) is 4.79 Å². The Morgan fingerprint density at radius 3 is 2.46 bits per heavy atom. The predicted molar refractivity (Wildman–Crippen MR) is 92.7 cm³/mol. The van der Waals surface area contributed by atoms with Crippen LogP contribution in [0.2, 0.25) is 5.02 Å². The van der Waals surface area contributed by atoms with Crippen LogP contribution in [-0.4, -0.2) is 25.6 Å². The minimum atomic E-state index is -0.675. The van der Waals surface area contributed by atoms with Crippen molar-refractivity contribution in [3.8, 4) is 5.75 Å². The molecule has 0 aliphatic rings. The van der Waals surface area contributed by atoms with E-state index in [9.17, 15) is 9.59 Å². The molecule has 0 fully saturated rings. The van der Waals surface area contributed by atoms with Gasteiger partial charge < -0.3 is 14.8 Å². The van der Waals surface area contributed by atoms with E-state index in [1.165, 1.54) is 18.7 Å². The van der Waals surface area contributed by atoms with Crippen molar-refractivity contribution in [2.45, 2.75) is 13.3 Å². The normalized spacial score (nSPS) is 10.1. The number of nitrogens with one attached hydrogen (secondary N) is 1. The van der Waals surface area contributed by atoms with Crippen LogP contribution < -0.4 is 10.1 Å². The molecule has 0 saturated carbocycles. The summed E-state index contributed by atoms with van der Waals surface area (Å²) in [5.74, 6) is -0.764. The van der Waals surface area contributed by atoms with E-state index >= 15 is 0 Å². The van der Waals surface area contributed by atoms with Gasteiger partial charge in [-0.15, -0.1) is 0 Å². The lowest BCUT2D eigenvalue weighted by Crippen LogP contribution is -2.21. The first-order valence-electron chi connectivity index (χ1n) is 7.43. The topological polar surface area (TPSA) is 64.6 Å². The van der Waals surface area contributed by atoms with Crippen LogP contribution >= 0.6 is 11.6 Å². The molecule has 5 nitrogen and oxygen atoms in total. The van der Waals surface area contributed by atoms with Gasteiger partial charge in [0, 0.05) is 10.7 Å². The fourth-order valence-electron chi connectivity index (χ4n) is 2.07. The largest absolute Gasteiger partial charge is 0.496 e. The smallest absolute Gasteiger partial charge is 0.342 e. The number of esters is 1. The lowest BCUT2D eigenvalue weighted by molar-refractivity contribution is -0.119. The summed E-state index contributed by atoms with van der Waals surface area (Å²) in [6.07, 6.45) is 0.924. The van der Waals surface area contributed by atoms with Gasteiger partial charge in [-0.1, -0.05) is 30.7 Å². The Morgan fingerprint density at radius 2 is 1.83 bits per heavy atom. The molecule has 0 atom stereocenters. The van der Waals surface area contributed by atoms with Gasteiger partial charge in [0.2, 0.25) is 0 Å². The zero-order valence-electron chi connectivity index (χ0n) is 13.5. The third-order valence-corrected chi connectivity index (χ3v) is 3.60. The number of hydrogen-bond donors (Lipinski definition) is 1. The molecule has 126 valence electrons. The number of carbonyl (C=O) groups is 2. The van der Waals surface area contributed by atoms with Gasteiger partial charge in [0.1, 0.15) is 11.3 Å². The van der Waals surface area contributed by atoms with E-state index in [0.717, 1.165) is 6.42 Å². The number of benzene rings is 2. The minimum Gasteiger partial charge on any atom is -0.496 e. The fourth-order valence-corrected chi connectivity index (χ4v) is 2.24. The molecule has 0 aliphatic carbocycles. The van der Waals surface area contributed by atoms with E-state index in [1.807, 2.05) is 12.1 Å². The standard InChI is InChI=1S/C18H18ClNO4/c1-3-12-4-7-14(8-5-12)20-17(21)11-24-18(22)15-10-13(19)6-9-16(15)23-2/h4-10H,3,11H2,1-2H3,(H,20,21). The van der Waals surface area contributed by atoms with Crippen LogP contribution in [0.25, 0.3) is 0 Å². The first kappa shape index (κ1) is 17.8. The highest BCUT2D eigenvalue weighted by Gasteiger charge is 2.16. The highest BCUT2D eigenvalue weighted by molar-refractivity contribution is 6.31. The van der Waals surface area contributed by atoms with Gasteiger partial charge in [-0.05, 0) is 42.3 Å². The summed E-state index contributed by atoms with van der Waals surface area (Å²) in [7, 11) is 1.44. The summed E-state index contributed by atoms with van der Waals surface area (Å²) >= 11 is 5.87. The third kappa shape index (κ3) is 4.73. The number of ether oxygens (including phenoxy) is 2. The molecule has 0 aliphatic heterocycles. The minimum absolute atomic E-state index is 0.171. The molecule has 1 N–H and O–H groups in total. The zero-order valence-corrected chi connectivity index (χ0v) is 14.2. The molecule has 0 radical (unpaired) electrons. The summed E-state index contributed by atoms with van der Waals surface area (Å²) in [4.78, 5) is 24.0. The highest BCUT2D eigenvalue weighted by Crippen LogP contribution is 2.23. The van der Waals surface area contributed by atoms with Gasteiger partial charge in [0.15, 0.2) is 6.61 Å². The van der Waals surface area contributed by atoms with E-state index in [-0.39, 0.29) is 5.56 Å². The van der Waals surface area contributed by atoms with Crippen LogP contribution in [-0.2, 0) is 16.0 Å². The van der Waals surface area contributed by atoms with Crippen LogP contribution in [0.15, 0.2) is 42.5 Å². The van der Waals surface area contributed by atoms with Crippen molar-refractivity contribution in [3.05, 3.63) is 58.6 Å². The van der Waals surface area contributed by atoms with Crippen molar-refractivity contribution in [2.75, 3.05) is 19.0 Å². The fraction of sp³-hybridized carbons (Fsp3) is 0.222. The summed E-state index contributed by atoms with van der Waals surface area (Å²) in [6.45, 7) is 1.65. The predicted octanol–water partition coefficient (Wildman–Crippen LogP) is 3.71. The lowest BCUT2D eigenvalue weighted by Gasteiger charge is -2.10. The number of amides is 1. The van der Waals surface area contributed by atoms with Gasteiger partial charge in [-0.3, -0.25) is 4.79 Å². The van der Waals surface area contributed by atoms with E-state index in [2.05, 4.69) is 12.2 Å². The van der Waals surface area contributed by atoms with Crippen molar-refractivity contribution in [2.24, 2.45) is 0 Å². The first-order chi connectivity index (χ1) is 11.5. The molecular weight excluding hydrogens is 330 g/mol. The molecule has 0 heterocycles. The second-order valence-electron chi connectivity index (χ2n) is 5.02. The Balaban J connectivity index is 1.93. The van der Waals surface area contributed by atoms with Crippen molar-refractivity contribution < 1.29 is 19.1 Å². The molecule has 2 aromatic rings. The van der Waals surface area contributed by atoms with Crippen molar-refractivity contribution in [1.82, 2.24) is 0 Å². The zero-order chi connectivity index (χ0) is 17.5. The monoisotopic (exact) mass is 347 g/mol. The number of anilines is 1. The lowest BCUT2D eigenvalue weighted by atomic mass is 10.1. The van der Waals surface area contributed by atoms with Crippen LogP contribution in [0.4, 0.5) is 5.69 Å². The number of hydrogen-bond acceptors (Lipinski definition) is 4. The molecule has 1 amide bonds. The average molecular weight is 348 g/mol. The Hall–Kier alpha value is -2.53. The summed E-state index contributed by atoms with van der Waals surface area (Å²) in [5, 5.41) is 3.04. The van der Waals surface area contributed by atoms with Crippen molar-refractivity contribution in [1.29, 1.82) is 0 Å². The Bertz CT molecular complexity index is 728. The van der Waals surface area contributed by atoms with Crippen LogP contribution in [0.3, 0.4) is 0 Å². The number of halogens is 1. The third-order valence-electron chi connectivity index (χ3n) is 3.36. The SMILES string of the molecule is CCc1ccc(NC(=O)COC(=O)c2cc(Cl)ccc2OC)cc1. The highest BCUT2D eigenvalue weighted by atomic mass is 35.5. The number of aryl methyl sites for hydroxylation is 1. The molecule has 24 heavy (non-hydrogen) atoms. The Labute approximate surface area is 145 Å². The average Bonchev–Trinajstić information content (AvgIpc) is 2.60. The number of rotatable bonds is 6. The van der Waals surface area contributed by atoms with Gasteiger partial charge in [-0.2, -0.15) is 0 Å². The summed E-state index contributed by atoms with van der Waals surface area (Å²) < 4.78 is 10.1. The maximum Gasteiger partial charge on any atom is 0.342 e. The van der Waals surface area contributed by atoms with Crippen LogP contribution in [0.5, 0.6) is 5.75 Å². The van der Waals surface area contributed by atoms with Crippen LogP contribution in [0, 0.1) is 0 Å². The molecule has 0 unspecified atom stereocenters. The quantitative estimate of drug-likeness (QED) is 0.809. The van der Waals surface area contributed by atoms with Gasteiger partial charge >= 0.3 is 5.97 Å². The van der Waals surface area contributed by atoms with Crippen LogP contribution in [0.1, 0.15) is 22.8 Å². The maximum absolute atomic E-state index is 12.1. The number of methoxy groups -OCH3 is 1. The maximum atomic E-state index is 12.1. The Morgan fingerprint density at radius 1 is 1.12 bits per heavy atom. The molecule has 0 bridgehead atoms. The second kappa shape index (κ2) is 8.36. The Kier molecular flexibility index (Phi) is 6.21. The van der Waals surface area contributed by atoms with Gasteiger partial charge in [0.05, 0.1) is 7.11 Å². The second-order valence-corrected chi connectivity index (χ2v) is 5.46. The molecule has 0 spiro atoms. The number of carbonyl (C=O) groups excluding carboxylic acids is 2. The van der Waals surface area contributed by atoms with Gasteiger partial charge in [0.25, 0.3) is 5.91 Å². The molecule has 2 aromatic carbocycles. The summed E-state index contributed by atoms with van der Waals surface area (Å²) in [5.41, 5.74) is 1.99.